The molecule has 0 atom stereocenters. The Morgan fingerprint density at radius 2 is 1.67 bits per heavy atom. The van der Waals surface area contributed by atoms with E-state index in [-0.39, 0.29) is 5.56 Å². The molecular weight excluding hydrogens is 336 g/mol. The van der Waals surface area contributed by atoms with Gasteiger partial charge in [0.2, 0.25) is 0 Å². The first-order valence-electron chi connectivity index (χ1n) is 8.36. The number of nitrogens with zero attached hydrogens (tertiary/aromatic N) is 4. The Hall–Kier alpha value is -4.04. The van der Waals surface area contributed by atoms with Crippen LogP contribution in [0.3, 0.4) is 0 Å². The number of nitriles is 1. The lowest BCUT2D eigenvalue weighted by atomic mass is 9.99. The van der Waals surface area contributed by atoms with E-state index in [1.165, 1.54) is 6.07 Å². The van der Waals surface area contributed by atoms with Crippen LogP contribution in [-0.4, -0.2) is 14.5 Å². The molecule has 4 rings (SSSR count). The summed E-state index contributed by atoms with van der Waals surface area (Å²) in [6, 6.07) is 22.2. The molecule has 0 aliphatic carbocycles. The topological polar surface area (TPSA) is 71.6 Å². The van der Waals surface area contributed by atoms with Gasteiger partial charge in [-0.3, -0.25) is 14.3 Å². The van der Waals surface area contributed by atoms with Gasteiger partial charge in [-0.15, -0.1) is 0 Å². The summed E-state index contributed by atoms with van der Waals surface area (Å²) in [6.45, 7) is 0. The smallest absolute Gasteiger partial charge is 0.255 e. The molecule has 0 bridgehead atoms. The normalized spacial score (nSPS) is 10.3. The van der Waals surface area contributed by atoms with Crippen LogP contribution in [0.4, 0.5) is 0 Å². The van der Waals surface area contributed by atoms with E-state index < -0.39 is 0 Å². The Morgan fingerprint density at radius 3 is 2.44 bits per heavy atom. The van der Waals surface area contributed by atoms with Gasteiger partial charge in [-0.25, -0.2) is 4.98 Å². The highest BCUT2D eigenvalue weighted by Gasteiger charge is 2.11. The fraction of sp³-hybridized carbons (Fsp3) is 0. The van der Waals surface area contributed by atoms with Gasteiger partial charge < -0.3 is 0 Å². The third kappa shape index (κ3) is 3.24. The van der Waals surface area contributed by atoms with Crippen molar-refractivity contribution in [3.8, 4) is 34.1 Å². The maximum Gasteiger partial charge on any atom is 0.255 e. The molecule has 0 amide bonds. The molecule has 27 heavy (non-hydrogen) atoms. The number of pyridine rings is 3. The van der Waals surface area contributed by atoms with Crippen molar-refractivity contribution in [2.75, 3.05) is 0 Å². The summed E-state index contributed by atoms with van der Waals surface area (Å²) in [7, 11) is 0. The van der Waals surface area contributed by atoms with Crippen molar-refractivity contribution < 1.29 is 0 Å². The number of benzene rings is 1. The van der Waals surface area contributed by atoms with Crippen molar-refractivity contribution in [3.63, 3.8) is 0 Å². The molecule has 0 N–H and O–H groups in total. The van der Waals surface area contributed by atoms with Crippen molar-refractivity contribution in [1.82, 2.24) is 14.5 Å². The highest BCUT2D eigenvalue weighted by atomic mass is 16.1. The Morgan fingerprint density at radius 1 is 0.852 bits per heavy atom. The minimum Gasteiger partial charge on any atom is -0.284 e. The second kappa shape index (κ2) is 7.06. The van der Waals surface area contributed by atoms with Crippen LogP contribution in [0.1, 0.15) is 5.69 Å². The van der Waals surface area contributed by atoms with Crippen LogP contribution in [-0.2, 0) is 0 Å². The second-order valence-corrected chi connectivity index (χ2v) is 5.90. The van der Waals surface area contributed by atoms with Crippen LogP contribution < -0.4 is 5.56 Å². The van der Waals surface area contributed by atoms with Gasteiger partial charge >= 0.3 is 0 Å². The Bertz CT molecular complexity index is 1210. The minimum absolute atomic E-state index is 0.131. The van der Waals surface area contributed by atoms with Crippen LogP contribution in [0.2, 0.25) is 0 Å². The predicted molar refractivity (Wildman–Crippen MR) is 103 cm³/mol. The highest BCUT2D eigenvalue weighted by Crippen LogP contribution is 2.29. The van der Waals surface area contributed by atoms with E-state index in [4.69, 9.17) is 0 Å². The third-order valence-electron chi connectivity index (χ3n) is 4.20. The number of hydrogen-bond donors (Lipinski definition) is 0. The van der Waals surface area contributed by atoms with Crippen molar-refractivity contribution in [2.24, 2.45) is 0 Å². The van der Waals surface area contributed by atoms with E-state index in [0.29, 0.717) is 16.9 Å². The number of rotatable bonds is 3. The lowest BCUT2D eigenvalue weighted by Crippen LogP contribution is -2.15. The predicted octanol–water partition coefficient (Wildman–Crippen LogP) is 3.83. The van der Waals surface area contributed by atoms with Crippen LogP contribution in [0, 0.1) is 11.3 Å². The SMILES string of the molecule is N#Cc1ncccc1-c1cc(-c2ccccn2)cc(-n2ccccc2=O)c1. The standard InChI is InChI=1S/C22H14N4O/c23-15-21-19(6-5-10-25-21)16-12-17(20-7-1-3-9-24-20)14-18(13-16)26-11-4-2-8-22(26)27/h1-14H. The van der Waals surface area contributed by atoms with Gasteiger partial charge in [0.1, 0.15) is 11.8 Å². The van der Waals surface area contributed by atoms with Crippen LogP contribution >= 0.6 is 0 Å². The zero-order valence-electron chi connectivity index (χ0n) is 14.3. The summed E-state index contributed by atoms with van der Waals surface area (Å²) >= 11 is 0. The molecule has 0 saturated carbocycles. The summed E-state index contributed by atoms with van der Waals surface area (Å²) in [6.07, 6.45) is 5.03. The molecule has 128 valence electrons. The molecule has 3 heterocycles. The number of aromatic nitrogens is 3. The van der Waals surface area contributed by atoms with E-state index >= 15 is 0 Å². The largest absolute Gasteiger partial charge is 0.284 e. The summed E-state index contributed by atoms with van der Waals surface area (Å²) in [5, 5.41) is 9.42. The van der Waals surface area contributed by atoms with Crippen LogP contribution in [0.5, 0.6) is 0 Å². The molecule has 0 fully saturated rings. The first kappa shape index (κ1) is 16.4. The van der Waals surface area contributed by atoms with Gasteiger partial charge in [0.25, 0.3) is 5.56 Å². The first-order valence-corrected chi connectivity index (χ1v) is 8.36. The second-order valence-electron chi connectivity index (χ2n) is 5.90. The van der Waals surface area contributed by atoms with Crippen LogP contribution in [0.25, 0.3) is 28.1 Å². The molecule has 0 aliphatic heterocycles. The summed E-state index contributed by atoms with van der Waals surface area (Å²) in [4.78, 5) is 20.9. The van der Waals surface area contributed by atoms with E-state index in [2.05, 4.69) is 16.0 Å². The fourth-order valence-corrected chi connectivity index (χ4v) is 2.96. The van der Waals surface area contributed by atoms with Gasteiger partial charge in [0.15, 0.2) is 0 Å². The zero-order valence-corrected chi connectivity index (χ0v) is 14.3. The molecule has 0 spiro atoms. The molecule has 1 aromatic carbocycles. The van der Waals surface area contributed by atoms with E-state index in [9.17, 15) is 10.1 Å². The fourth-order valence-electron chi connectivity index (χ4n) is 2.96. The van der Waals surface area contributed by atoms with Gasteiger partial charge in [0, 0.05) is 41.5 Å². The maximum absolute atomic E-state index is 12.3. The number of hydrogen-bond acceptors (Lipinski definition) is 4. The van der Waals surface area contributed by atoms with Crippen molar-refractivity contribution in [2.45, 2.75) is 0 Å². The summed E-state index contributed by atoms with van der Waals surface area (Å²) in [5.41, 5.74) is 4.05. The van der Waals surface area contributed by atoms with Gasteiger partial charge in [-0.1, -0.05) is 12.1 Å². The quantitative estimate of drug-likeness (QED) is 0.563. The zero-order chi connectivity index (χ0) is 18.6. The average Bonchev–Trinajstić information content (AvgIpc) is 2.74. The molecule has 5 heteroatoms. The highest BCUT2D eigenvalue weighted by molar-refractivity contribution is 5.77. The molecule has 0 radical (unpaired) electrons. The van der Waals surface area contributed by atoms with Crippen molar-refractivity contribution in [3.05, 3.63) is 101 Å². The molecule has 3 aromatic heterocycles. The molecular formula is C22H14N4O. The molecule has 4 aromatic rings. The molecule has 0 aliphatic rings. The Kier molecular flexibility index (Phi) is 4.30. The van der Waals surface area contributed by atoms with Gasteiger partial charge in [-0.05, 0) is 54.1 Å². The molecule has 0 unspecified atom stereocenters. The lowest BCUT2D eigenvalue weighted by molar-refractivity contribution is 0.991. The molecule has 0 saturated heterocycles. The molecule has 5 nitrogen and oxygen atoms in total. The lowest BCUT2D eigenvalue weighted by Gasteiger charge is -2.12. The van der Waals surface area contributed by atoms with E-state index in [1.807, 2.05) is 42.5 Å². The van der Waals surface area contributed by atoms with Crippen molar-refractivity contribution >= 4 is 0 Å². The van der Waals surface area contributed by atoms with E-state index in [1.54, 1.807) is 41.4 Å². The van der Waals surface area contributed by atoms with Crippen LogP contribution in [0.15, 0.2) is 90.1 Å². The third-order valence-corrected chi connectivity index (χ3v) is 4.20. The summed E-state index contributed by atoms with van der Waals surface area (Å²) < 4.78 is 1.57. The van der Waals surface area contributed by atoms with Gasteiger partial charge in [0.05, 0.1) is 5.69 Å². The van der Waals surface area contributed by atoms with E-state index in [0.717, 1.165) is 16.8 Å². The monoisotopic (exact) mass is 350 g/mol. The maximum atomic E-state index is 12.3. The average molecular weight is 350 g/mol. The minimum atomic E-state index is -0.131. The van der Waals surface area contributed by atoms with Crippen molar-refractivity contribution in [1.29, 1.82) is 5.26 Å². The Balaban J connectivity index is 2.00. The Labute approximate surface area is 155 Å². The summed E-state index contributed by atoms with van der Waals surface area (Å²) in [5.74, 6) is 0. The first-order chi connectivity index (χ1) is 13.3. The van der Waals surface area contributed by atoms with Gasteiger partial charge in [-0.2, -0.15) is 5.26 Å².